The number of benzene rings is 1. The van der Waals surface area contributed by atoms with Crippen LogP contribution in [0.15, 0.2) is 23.1 Å². The number of carbonyl (C=O) groups excluding carboxylic acids is 1. The number of hydrogen-bond donors (Lipinski definition) is 2. The maximum atomic E-state index is 13.3. The summed E-state index contributed by atoms with van der Waals surface area (Å²) in [6, 6.07) is 5.29. The second-order valence-corrected chi connectivity index (χ2v) is 8.76. The van der Waals surface area contributed by atoms with Crippen LogP contribution in [0.5, 0.6) is 0 Å². The summed E-state index contributed by atoms with van der Waals surface area (Å²) in [5.41, 5.74) is 1.51. The molecule has 0 spiro atoms. The Balaban J connectivity index is 2.47. The van der Waals surface area contributed by atoms with Gasteiger partial charge in [0.2, 0.25) is 5.91 Å². The van der Waals surface area contributed by atoms with Gasteiger partial charge in [-0.05, 0) is 50.8 Å². The van der Waals surface area contributed by atoms with Gasteiger partial charge in [-0.3, -0.25) is 4.79 Å². The lowest BCUT2D eigenvalue weighted by molar-refractivity contribution is -0.124. The zero-order valence-electron chi connectivity index (χ0n) is 13.9. The molecule has 128 valence electrons. The number of aliphatic hydroxyl groups excluding tert-OH is 1. The van der Waals surface area contributed by atoms with Crippen molar-refractivity contribution >= 4 is 15.7 Å². The topological polar surface area (TPSA) is 83.5 Å². The zero-order chi connectivity index (χ0) is 17.3. The van der Waals surface area contributed by atoms with Crippen LogP contribution in [0, 0.1) is 13.8 Å². The fourth-order valence-electron chi connectivity index (χ4n) is 3.17. The number of hydrogen-bond acceptors (Lipinski definition) is 4. The number of amides is 1. The van der Waals surface area contributed by atoms with Crippen molar-refractivity contribution < 1.29 is 18.3 Å². The van der Waals surface area contributed by atoms with E-state index < -0.39 is 26.6 Å². The van der Waals surface area contributed by atoms with E-state index in [1.54, 1.807) is 26.0 Å². The molecule has 2 N–H and O–H groups in total. The first kappa shape index (κ1) is 17.9. The van der Waals surface area contributed by atoms with Gasteiger partial charge >= 0.3 is 0 Å². The highest BCUT2D eigenvalue weighted by Gasteiger charge is 2.53. The molecule has 0 aromatic heterocycles. The standard InChI is InChI=1S/C17H25NO4S/c1-12-6-7-13(2)15(10-12)23(21,22)17(8-4-5-9-17)16(20)18-11-14(3)19/h6-7,10,14,19H,4-5,8-9,11H2,1-3H3,(H,18,20)/t14-/m0/s1. The average Bonchev–Trinajstić information content (AvgIpc) is 2.98. The van der Waals surface area contributed by atoms with Gasteiger partial charge in [-0.2, -0.15) is 0 Å². The third-order valence-electron chi connectivity index (χ3n) is 4.53. The van der Waals surface area contributed by atoms with Crippen molar-refractivity contribution in [3.63, 3.8) is 0 Å². The summed E-state index contributed by atoms with van der Waals surface area (Å²) in [7, 11) is -3.79. The smallest absolute Gasteiger partial charge is 0.241 e. The van der Waals surface area contributed by atoms with Crippen molar-refractivity contribution in [2.75, 3.05) is 6.54 Å². The van der Waals surface area contributed by atoms with Crippen LogP contribution in [-0.4, -0.2) is 36.8 Å². The third-order valence-corrected chi connectivity index (χ3v) is 7.17. The normalized spacial score (nSPS) is 18.6. The number of nitrogens with one attached hydrogen (secondary N) is 1. The molecule has 1 amide bonds. The average molecular weight is 339 g/mol. The summed E-state index contributed by atoms with van der Waals surface area (Å²) >= 11 is 0. The van der Waals surface area contributed by atoms with E-state index in [0.717, 1.165) is 5.56 Å². The molecule has 1 aliphatic carbocycles. The second kappa shape index (κ2) is 6.61. The first-order valence-electron chi connectivity index (χ1n) is 7.99. The SMILES string of the molecule is Cc1ccc(C)c(S(=O)(=O)C2(C(=O)NC[C@H](C)O)CCCC2)c1. The van der Waals surface area contributed by atoms with Crippen LogP contribution in [-0.2, 0) is 14.6 Å². The minimum atomic E-state index is -3.79. The summed E-state index contributed by atoms with van der Waals surface area (Å²) in [6.07, 6.45) is 1.38. The predicted octanol–water partition coefficient (Wildman–Crippen LogP) is 1.89. The monoisotopic (exact) mass is 339 g/mol. The fraction of sp³-hybridized carbons (Fsp3) is 0.588. The lowest BCUT2D eigenvalue weighted by atomic mass is 10.1. The molecule has 0 saturated heterocycles. The molecule has 1 aliphatic rings. The van der Waals surface area contributed by atoms with E-state index in [4.69, 9.17) is 0 Å². The lowest BCUT2D eigenvalue weighted by Gasteiger charge is -2.28. The Morgan fingerprint density at radius 2 is 1.91 bits per heavy atom. The largest absolute Gasteiger partial charge is 0.392 e. The summed E-state index contributed by atoms with van der Waals surface area (Å²) in [5, 5.41) is 12.0. The fourth-order valence-corrected chi connectivity index (χ4v) is 5.57. The van der Waals surface area contributed by atoms with E-state index in [2.05, 4.69) is 5.32 Å². The number of sulfone groups is 1. The molecule has 6 heteroatoms. The molecule has 2 rings (SSSR count). The van der Waals surface area contributed by atoms with Gasteiger partial charge in [0.1, 0.15) is 0 Å². The van der Waals surface area contributed by atoms with Gasteiger partial charge in [-0.25, -0.2) is 8.42 Å². The lowest BCUT2D eigenvalue weighted by Crippen LogP contribution is -2.52. The van der Waals surface area contributed by atoms with E-state index in [-0.39, 0.29) is 11.4 Å². The summed E-state index contributed by atoms with van der Waals surface area (Å²) in [5.74, 6) is -0.489. The maximum Gasteiger partial charge on any atom is 0.241 e. The molecule has 5 nitrogen and oxygen atoms in total. The van der Waals surface area contributed by atoms with E-state index in [1.807, 2.05) is 13.0 Å². The van der Waals surface area contributed by atoms with Gasteiger partial charge in [0.15, 0.2) is 14.6 Å². The first-order chi connectivity index (χ1) is 10.7. The minimum absolute atomic E-state index is 0.0584. The van der Waals surface area contributed by atoms with Crippen molar-refractivity contribution in [3.05, 3.63) is 29.3 Å². The number of aliphatic hydroxyl groups is 1. The second-order valence-electron chi connectivity index (χ2n) is 6.53. The number of rotatable bonds is 5. The molecule has 1 aromatic carbocycles. The Labute approximate surface area is 138 Å². The van der Waals surface area contributed by atoms with Crippen LogP contribution in [0.25, 0.3) is 0 Å². The minimum Gasteiger partial charge on any atom is -0.392 e. The Morgan fingerprint density at radius 3 is 2.48 bits per heavy atom. The van der Waals surface area contributed by atoms with Gasteiger partial charge in [-0.1, -0.05) is 25.0 Å². The van der Waals surface area contributed by atoms with Crippen LogP contribution in [0.1, 0.15) is 43.7 Å². The summed E-state index contributed by atoms with van der Waals surface area (Å²) < 4.78 is 25.2. The molecular formula is C17H25NO4S. The molecule has 0 radical (unpaired) electrons. The maximum absolute atomic E-state index is 13.3. The highest BCUT2D eigenvalue weighted by atomic mass is 32.2. The molecule has 0 heterocycles. The molecule has 1 fully saturated rings. The first-order valence-corrected chi connectivity index (χ1v) is 9.47. The third kappa shape index (κ3) is 3.28. The van der Waals surface area contributed by atoms with Crippen LogP contribution in [0.4, 0.5) is 0 Å². The molecule has 1 aromatic rings. The van der Waals surface area contributed by atoms with E-state index in [0.29, 0.717) is 31.2 Å². The van der Waals surface area contributed by atoms with Gasteiger partial charge in [0.05, 0.1) is 11.0 Å². The van der Waals surface area contributed by atoms with Crippen molar-refractivity contribution in [1.29, 1.82) is 0 Å². The molecule has 1 atom stereocenters. The van der Waals surface area contributed by atoms with E-state index >= 15 is 0 Å². The van der Waals surface area contributed by atoms with Gasteiger partial charge < -0.3 is 10.4 Å². The molecular weight excluding hydrogens is 314 g/mol. The molecule has 0 bridgehead atoms. The van der Waals surface area contributed by atoms with Gasteiger partial charge in [0, 0.05) is 6.54 Å². The quantitative estimate of drug-likeness (QED) is 0.858. The van der Waals surface area contributed by atoms with Gasteiger partial charge in [0.25, 0.3) is 0 Å². The Kier molecular flexibility index (Phi) is 5.16. The van der Waals surface area contributed by atoms with Crippen LogP contribution >= 0.6 is 0 Å². The molecule has 23 heavy (non-hydrogen) atoms. The van der Waals surface area contributed by atoms with Gasteiger partial charge in [-0.15, -0.1) is 0 Å². The van der Waals surface area contributed by atoms with E-state index in [9.17, 15) is 18.3 Å². The van der Waals surface area contributed by atoms with E-state index in [1.165, 1.54) is 0 Å². The Morgan fingerprint density at radius 1 is 1.30 bits per heavy atom. The van der Waals surface area contributed by atoms with Crippen molar-refractivity contribution in [3.8, 4) is 0 Å². The van der Waals surface area contributed by atoms with Crippen LogP contribution in [0.2, 0.25) is 0 Å². The summed E-state index contributed by atoms with van der Waals surface area (Å²) in [4.78, 5) is 12.9. The summed E-state index contributed by atoms with van der Waals surface area (Å²) in [6.45, 7) is 5.21. The van der Waals surface area contributed by atoms with Crippen LogP contribution in [0.3, 0.4) is 0 Å². The predicted molar refractivity (Wildman–Crippen MR) is 89.0 cm³/mol. The highest BCUT2D eigenvalue weighted by Crippen LogP contribution is 2.41. The van der Waals surface area contributed by atoms with Crippen molar-refractivity contribution in [1.82, 2.24) is 5.32 Å². The highest BCUT2D eigenvalue weighted by molar-refractivity contribution is 7.93. The van der Waals surface area contributed by atoms with Crippen LogP contribution < -0.4 is 5.32 Å². The van der Waals surface area contributed by atoms with Crippen molar-refractivity contribution in [2.24, 2.45) is 0 Å². The van der Waals surface area contributed by atoms with Crippen molar-refractivity contribution in [2.45, 2.75) is 62.2 Å². The Bertz CT molecular complexity index is 689. The zero-order valence-corrected chi connectivity index (χ0v) is 14.7. The number of carbonyl (C=O) groups is 1. The Hall–Kier alpha value is -1.40. The molecule has 1 saturated carbocycles. The molecule has 0 unspecified atom stereocenters. The molecule has 0 aliphatic heterocycles. The number of aryl methyl sites for hydroxylation is 2.